The van der Waals surface area contributed by atoms with Crippen molar-refractivity contribution in [2.45, 2.75) is 38.1 Å². The Morgan fingerprint density at radius 2 is 1.96 bits per heavy atom. The molecule has 0 radical (unpaired) electrons. The molecule has 3 heterocycles. The molecule has 2 aromatic heterocycles. The van der Waals surface area contributed by atoms with Crippen LogP contribution in [-0.2, 0) is 31.9 Å². The van der Waals surface area contributed by atoms with E-state index in [0.717, 1.165) is 56.1 Å². The minimum atomic E-state index is 0.235. The van der Waals surface area contributed by atoms with Gasteiger partial charge in [0.1, 0.15) is 11.6 Å². The molecule has 0 unspecified atom stereocenters. The second-order valence-corrected chi connectivity index (χ2v) is 7.45. The Morgan fingerprint density at radius 1 is 1.23 bits per heavy atom. The Balaban J connectivity index is 1.51. The first-order valence-corrected chi connectivity index (χ1v) is 9.22. The van der Waals surface area contributed by atoms with Crippen molar-refractivity contribution in [3.8, 4) is 0 Å². The number of amides is 1. The van der Waals surface area contributed by atoms with E-state index in [4.69, 9.17) is 0 Å². The fraction of sp³-hybridized carbons (Fsp3) is 0.667. The van der Waals surface area contributed by atoms with Crippen LogP contribution in [0.5, 0.6) is 0 Å². The van der Waals surface area contributed by atoms with Gasteiger partial charge in [-0.25, -0.2) is 0 Å². The van der Waals surface area contributed by atoms with Crippen LogP contribution in [0.4, 0.5) is 0 Å². The van der Waals surface area contributed by atoms with Crippen molar-refractivity contribution in [2.24, 2.45) is 14.1 Å². The maximum Gasteiger partial charge on any atom is 0.222 e. The van der Waals surface area contributed by atoms with E-state index in [-0.39, 0.29) is 5.91 Å². The highest BCUT2D eigenvalue weighted by molar-refractivity contribution is 5.76. The van der Waals surface area contributed by atoms with Crippen molar-refractivity contribution in [1.82, 2.24) is 34.3 Å². The predicted octanol–water partition coefficient (Wildman–Crippen LogP) is 0.949. The number of hydrogen-bond acceptors (Lipinski definition) is 5. The van der Waals surface area contributed by atoms with Crippen molar-refractivity contribution in [3.63, 3.8) is 0 Å². The lowest BCUT2D eigenvalue weighted by Crippen LogP contribution is -2.38. The number of aryl methyl sites for hydroxylation is 2. The largest absolute Gasteiger partial charge is 0.343 e. The smallest absolute Gasteiger partial charge is 0.222 e. The third kappa shape index (κ3) is 4.30. The lowest BCUT2D eigenvalue weighted by Gasteiger charge is -2.31. The topological polar surface area (TPSA) is 72.1 Å². The Bertz CT molecular complexity index is 741. The highest BCUT2D eigenvalue weighted by Gasteiger charge is 2.27. The maximum atomic E-state index is 12.5. The number of nitrogens with zero attached hydrogens (tertiary/aromatic N) is 7. The zero-order chi connectivity index (χ0) is 18.7. The van der Waals surface area contributed by atoms with E-state index in [1.54, 1.807) is 4.68 Å². The van der Waals surface area contributed by atoms with E-state index in [9.17, 15) is 4.79 Å². The number of piperidine rings is 1. The first-order valence-electron chi connectivity index (χ1n) is 9.22. The molecule has 1 aliphatic rings. The van der Waals surface area contributed by atoms with Gasteiger partial charge in [0, 0.05) is 45.7 Å². The number of rotatable bonds is 6. The average molecular weight is 359 g/mol. The van der Waals surface area contributed by atoms with Crippen molar-refractivity contribution < 1.29 is 4.79 Å². The summed E-state index contributed by atoms with van der Waals surface area (Å²) < 4.78 is 3.89. The summed E-state index contributed by atoms with van der Waals surface area (Å²) in [5.41, 5.74) is 1.11. The third-order valence-electron chi connectivity index (χ3n) is 5.06. The minimum absolute atomic E-state index is 0.235. The molecule has 0 spiro atoms. The van der Waals surface area contributed by atoms with Crippen LogP contribution in [0.15, 0.2) is 12.4 Å². The molecule has 1 saturated heterocycles. The standard InChI is InChI=1S/C18H29N7O/c1-22(2)13-16-20-21-18(24(16)4)15-7-9-25(10-8-15)17(26)6-5-14-11-19-23(3)12-14/h11-12,15H,5-10,13H2,1-4H3. The minimum Gasteiger partial charge on any atom is -0.343 e. The normalized spacial score (nSPS) is 15.8. The van der Waals surface area contributed by atoms with Gasteiger partial charge in [-0.05, 0) is 38.9 Å². The van der Waals surface area contributed by atoms with Gasteiger partial charge in [0.25, 0.3) is 0 Å². The molecule has 0 aromatic carbocycles. The number of carbonyl (C=O) groups is 1. The Labute approximate surface area is 154 Å². The quantitative estimate of drug-likeness (QED) is 0.768. The van der Waals surface area contributed by atoms with Crippen LogP contribution in [0, 0.1) is 0 Å². The summed E-state index contributed by atoms with van der Waals surface area (Å²) >= 11 is 0. The Kier molecular flexibility index (Phi) is 5.70. The summed E-state index contributed by atoms with van der Waals surface area (Å²) in [5.74, 6) is 2.65. The van der Waals surface area contributed by atoms with Crippen LogP contribution in [-0.4, -0.2) is 67.4 Å². The fourth-order valence-corrected chi connectivity index (χ4v) is 3.55. The maximum absolute atomic E-state index is 12.5. The van der Waals surface area contributed by atoms with Crippen molar-refractivity contribution in [2.75, 3.05) is 27.2 Å². The zero-order valence-corrected chi connectivity index (χ0v) is 16.2. The molecule has 0 aliphatic carbocycles. The van der Waals surface area contributed by atoms with Gasteiger partial charge in [0.05, 0.1) is 12.7 Å². The lowest BCUT2D eigenvalue weighted by molar-refractivity contribution is -0.132. The van der Waals surface area contributed by atoms with E-state index < -0.39 is 0 Å². The molecule has 3 rings (SSSR count). The Morgan fingerprint density at radius 3 is 2.58 bits per heavy atom. The number of carbonyl (C=O) groups excluding carboxylic acids is 1. The van der Waals surface area contributed by atoms with Gasteiger partial charge < -0.3 is 14.4 Å². The number of likely N-dealkylation sites (tertiary alicyclic amines) is 1. The van der Waals surface area contributed by atoms with Crippen molar-refractivity contribution in [3.05, 3.63) is 29.6 Å². The van der Waals surface area contributed by atoms with Gasteiger partial charge in [-0.2, -0.15) is 5.10 Å². The van der Waals surface area contributed by atoms with E-state index in [1.807, 2.05) is 45.5 Å². The van der Waals surface area contributed by atoms with Crippen LogP contribution in [0.3, 0.4) is 0 Å². The molecule has 8 nitrogen and oxygen atoms in total. The number of hydrogen-bond donors (Lipinski definition) is 0. The highest BCUT2D eigenvalue weighted by atomic mass is 16.2. The van der Waals surface area contributed by atoms with Crippen LogP contribution < -0.4 is 0 Å². The predicted molar refractivity (Wildman–Crippen MR) is 98.5 cm³/mol. The Hall–Kier alpha value is -2.22. The third-order valence-corrected chi connectivity index (χ3v) is 5.06. The SMILES string of the molecule is CN(C)Cc1nnc(C2CCN(C(=O)CCc3cnn(C)c3)CC2)n1C. The van der Waals surface area contributed by atoms with Gasteiger partial charge in [0.15, 0.2) is 0 Å². The molecular formula is C18H29N7O. The second-order valence-electron chi connectivity index (χ2n) is 7.45. The highest BCUT2D eigenvalue weighted by Crippen LogP contribution is 2.27. The summed E-state index contributed by atoms with van der Waals surface area (Å²) in [6.45, 7) is 2.38. The average Bonchev–Trinajstić information content (AvgIpc) is 3.19. The molecule has 142 valence electrons. The summed E-state index contributed by atoms with van der Waals surface area (Å²) in [6.07, 6.45) is 7.01. The van der Waals surface area contributed by atoms with E-state index in [2.05, 4.69) is 24.8 Å². The molecule has 1 fully saturated rings. The molecule has 0 bridgehead atoms. The fourth-order valence-electron chi connectivity index (χ4n) is 3.55. The van der Waals surface area contributed by atoms with Crippen LogP contribution >= 0.6 is 0 Å². The molecule has 1 aliphatic heterocycles. The zero-order valence-electron chi connectivity index (χ0n) is 16.2. The summed E-state index contributed by atoms with van der Waals surface area (Å²) in [6, 6.07) is 0. The molecule has 26 heavy (non-hydrogen) atoms. The van der Waals surface area contributed by atoms with Crippen molar-refractivity contribution in [1.29, 1.82) is 0 Å². The van der Waals surface area contributed by atoms with E-state index in [0.29, 0.717) is 12.3 Å². The van der Waals surface area contributed by atoms with Gasteiger partial charge in [0.2, 0.25) is 5.91 Å². The van der Waals surface area contributed by atoms with Gasteiger partial charge in [-0.3, -0.25) is 9.48 Å². The van der Waals surface area contributed by atoms with Crippen LogP contribution in [0.25, 0.3) is 0 Å². The molecule has 0 N–H and O–H groups in total. The van der Waals surface area contributed by atoms with Gasteiger partial charge >= 0.3 is 0 Å². The first kappa shape index (κ1) is 18.6. The van der Waals surface area contributed by atoms with Gasteiger partial charge in [-0.15, -0.1) is 10.2 Å². The summed E-state index contributed by atoms with van der Waals surface area (Å²) in [5, 5.41) is 12.9. The second kappa shape index (κ2) is 7.99. The van der Waals surface area contributed by atoms with E-state index in [1.165, 1.54) is 0 Å². The number of aromatic nitrogens is 5. The summed E-state index contributed by atoms with van der Waals surface area (Å²) in [7, 11) is 8.00. The van der Waals surface area contributed by atoms with Gasteiger partial charge in [-0.1, -0.05) is 0 Å². The van der Waals surface area contributed by atoms with E-state index >= 15 is 0 Å². The van der Waals surface area contributed by atoms with Crippen LogP contribution in [0.1, 0.15) is 42.4 Å². The molecule has 0 atom stereocenters. The lowest BCUT2D eigenvalue weighted by atomic mass is 9.95. The monoisotopic (exact) mass is 359 g/mol. The first-order chi connectivity index (χ1) is 12.4. The van der Waals surface area contributed by atoms with Crippen LogP contribution in [0.2, 0.25) is 0 Å². The molecule has 0 saturated carbocycles. The molecule has 2 aromatic rings. The summed E-state index contributed by atoms with van der Waals surface area (Å²) in [4.78, 5) is 16.6. The molecular weight excluding hydrogens is 330 g/mol. The molecule has 8 heteroatoms. The molecule has 1 amide bonds. The van der Waals surface area contributed by atoms with Crippen molar-refractivity contribution >= 4 is 5.91 Å².